The molecule has 3 N–H and O–H groups in total. The molecule has 2 aromatic carbocycles. The Morgan fingerprint density at radius 1 is 1.21 bits per heavy atom. The number of hydrogen-bond acceptors (Lipinski definition) is 4. The molecule has 1 aliphatic rings. The van der Waals surface area contributed by atoms with Crippen molar-refractivity contribution < 1.29 is 14.7 Å². The zero-order valence-corrected chi connectivity index (χ0v) is 17.0. The van der Waals surface area contributed by atoms with E-state index >= 15 is 0 Å². The standard InChI is InChI=1S/C21H17BrN4O3/c1-12-5-4-6-13(9-12)24-20(27)15-11-23-26-18(14-7-2-3-8-16(14)22)10-17(21(28)29)25-19(15)26/h2-11,18,25H,1H3,(H,24,27)(H,28,29). The molecule has 8 heteroatoms. The molecular weight excluding hydrogens is 436 g/mol. The monoisotopic (exact) mass is 452 g/mol. The molecule has 1 amide bonds. The van der Waals surface area contributed by atoms with Gasteiger partial charge in [-0.1, -0.05) is 46.3 Å². The number of benzene rings is 2. The SMILES string of the molecule is Cc1cccc(NC(=O)c2cnn3c2NC(C(=O)O)=CC3c2ccccc2Br)c1. The summed E-state index contributed by atoms with van der Waals surface area (Å²) in [5.74, 6) is -1.16. The van der Waals surface area contributed by atoms with Crippen LogP contribution in [0.4, 0.5) is 11.5 Å². The largest absolute Gasteiger partial charge is 0.477 e. The number of carbonyl (C=O) groups is 2. The molecule has 0 bridgehead atoms. The van der Waals surface area contributed by atoms with Gasteiger partial charge in [-0.2, -0.15) is 5.10 Å². The number of aliphatic carboxylic acids is 1. The highest BCUT2D eigenvalue weighted by molar-refractivity contribution is 9.10. The van der Waals surface area contributed by atoms with Crippen molar-refractivity contribution in [2.24, 2.45) is 0 Å². The van der Waals surface area contributed by atoms with Gasteiger partial charge in [0.2, 0.25) is 0 Å². The molecule has 1 unspecified atom stereocenters. The summed E-state index contributed by atoms with van der Waals surface area (Å²) in [6, 6.07) is 14.5. The van der Waals surface area contributed by atoms with E-state index in [4.69, 9.17) is 0 Å². The highest BCUT2D eigenvalue weighted by Gasteiger charge is 2.30. The molecule has 1 aromatic heterocycles. The minimum atomic E-state index is -1.11. The van der Waals surface area contributed by atoms with Crippen LogP contribution in [0.25, 0.3) is 0 Å². The zero-order chi connectivity index (χ0) is 20.5. The van der Waals surface area contributed by atoms with Crippen LogP contribution in [-0.4, -0.2) is 26.8 Å². The van der Waals surface area contributed by atoms with Gasteiger partial charge < -0.3 is 15.7 Å². The molecular formula is C21H17BrN4O3. The van der Waals surface area contributed by atoms with Crippen molar-refractivity contribution >= 4 is 39.3 Å². The lowest BCUT2D eigenvalue weighted by molar-refractivity contribution is -0.132. The fourth-order valence-electron chi connectivity index (χ4n) is 3.24. The van der Waals surface area contributed by atoms with E-state index in [1.54, 1.807) is 16.8 Å². The summed E-state index contributed by atoms with van der Waals surface area (Å²) in [6.07, 6.45) is 3.01. The second-order valence-electron chi connectivity index (χ2n) is 6.65. The second-order valence-corrected chi connectivity index (χ2v) is 7.51. The van der Waals surface area contributed by atoms with Gasteiger partial charge in [0.1, 0.15) is 23.1 Å². The molecule has 0 spiro atoms. The van der Waals surface area contributed by atoms with Gasteiger partial charge in [-0.05, 0) is 42.3 Å². The summed E-state index contributed by atoms with van der Waals surface area (Å²) in [4.78, 5) is 24.5. The second kappa shape index (κ2) is 7.56. The number of carboxylic acids is 1. The molecule has 0 saturated heterocycles. The highest BCUT2D eigenvalue weighted by Crippen LogP contribution is 2.35. The first-order valence-corrected chi connectivity index (χ1v) is 9.65. The number of amides is 1. The molecule has 146 valence electrons. The molecule has 1 aliphatic heterocycles. The fourth-order valence-corrected chi connectivity index (χ4v) is 3.76. The van der Waals surface area contributed by atoms with Crippen LogP contribution in [0.15, 0.2) is 71.0 Å². The fraction of sp³-hybridized carbons (Fsp3) is 0.0952. The van der Waals surface area contributed by atoms with Gasteiger partial charge in [0, 0.05) is 10.2 Å². The number of allylic oxidation sites excluding steroid dienone is 1. The molecule has 29 heavy (non-hydrogen) atoms. The molecule has 0 radical (unpaired) electrons. The van der Waals surface area contributed by atoms with Crippen LogP contribution >= 0.6 is 15.9 Å². The number of rotatable bonds is 4. The quantitative estimate of drug-likeness (QED) is 0.551. The summed E-state index contributed by atoms with van der Waals surface area (Å²) in [6.45, 7) is 1.94. The van der Waals surface area contributed by atoms with E-state index in [1.165, 1.54) is 6.20 Å². The van der Waals surface area contributed by atoms with Crippen LogP contribution < -0.4 is 10.6 Å². The number of fused-ring (bicyclic) bond motifs is 1. The van der Waals surface area contributed by atoms with E-state index in [9.17, 15) is 14.7 Å². The molecule has 0 saturated carbocycles. The Morgan fingerprint density at radius 3 is 2.72 bits per heavy atom. The third-order valence-electron chi connectivity index (χ3n) is 4.61. The normalized spacial score (nSPS) is 15.1. The van der Waals surface area contributed by atoms with Crippen molar-refractivity contribution in [2.75, 3.05) is 10.6 Å². The first kappa shape index (κ1) is 18.9. The predicted octanol–water partition coefficient (Wildman–Crippen LogP) is 4.19. The lowest BCUT2D eigenvalue weighted by atomic mass is 10.0. The lowest BCUT2D eigenvalue weighted by Crippen LogP contribution is -2.25. The Balaban J connectivity index is 1.74. The first-order valence-electron chi connectivity index (χ1n) is 8.86. The Kier molecular flexibility index (Phi) is 4.94. The van der Waals surface area contributed by atoms with Gasteiger partial charge in [0.25, 0.3) is 5.91 Å². The maximum Gasteiger partial charge on any atom is 0.352 e. The Morgan fingerprint density at radius 2 is 2.00 bits per heavy atom. The van der Waals surface area contributed by atoms with Gasteiger partial charge in [0.05, 0.1) is 6.20 Å². The predicted molar refractivity (Wildman–Crippen MR) is 113 cm³/mol. The summed E-state index contributed by atoms with van der Waals surface area (Å²) in [5.41, 5.74) is 2.76. The Labute approximate surface area is 175 Å². The van der Waals surface area contributed by atoms with Gasteiger partial charge in [-0.25, -0.2) is 9.48 Å². The van der Waals surface area contributed by atoms with Crippen molar-refractivity contribution in [1.29, 1.82) is 0 Å². The van der Waals surface area contributed by atoms with E-state index in [0.29, 0.717) is 11.5 Å². The minimum Gasteiger partial charge on any atom is -0.477 e. The third-order valence-corrected chi connectivity index (χ3v) is 5.33. The number of nitrogens with one attached hydrogen (secondary N) is 2. The topological polar surface area (TPSA) is 96.3 Å². The van der Waals surface area contributed by atoms with E-state index in [2.05, 4.69) is 31.7 Å². The highest BCUT2D eigenvalue weighted by atomic mass is 79.9. The summed E-state index contributed by atoms with van der Waals surface area (Å²) in [7, 11) is 0. The third kappa shape index (κ3) is 3.66. The molecule has 3 aromatic rings. The number of carbonyl (C=O) groups excluding carboxylic acids is 1. The average molecular weight is 453 g/mol. The van der Waals surface area contributed by atoms with Gasteiger partial charge in [-0.15, -0.1) is 0 Å². The van der Waals surface area contributed by atoms with Gasteiger partial charge in [-0.3, -0.25) is 4.79 Å². The van der Waals surface area contributed by atoms with Crippen molar-refractivity contribution in [3.63, 3.8) is 0 Å². The van der Waals surface area contributed by atoms with Crippen LogP contribution in [0, 0.1) is 6.92 Å². The number of hydrogen-bond donors (Lipinski definition) is 3. The van der Waals surface area contributed by atoms with Crippen LogP contribution in [0.5, 0.6) is 0 Å². The van der Waals surface area contributed by atoms with Gasteiger partial charge in [0.15, 0.2) is 0 Å². The van der Waals surface area contributed by atoms with E-state index in [1.807, 2.05) is 49.4 Å². The number of carboxylic acid groups (broad SMARTS) is 1. The van der Waals surface area contributed by atoms with Crippen molar-refractivity contribution in [1.82, 2.24) is 9.78 Å². The molecule has 2 heterocycles. The smallest absolute Gasteiger partial charge is 0.352 e. The number of nitrogens with zero attached hydrogens (tertiary/aromatic N) is 2. The maximum absolute atomic E-state index is 12.9. The summed E-state index contributed by atoms with van der Waals surface area (Å²) >= 11 is 3.51. The van der Waals surface area contributed by atoms with Crippen LogP contribution in [0.2, 0.25) is 0 Å². The van der Waals surface area contributed by atoms with E-state index < -0.39 is 12.0 Å². The first-order chi connectivity index (χ1) is 13.9. The summed E-state index contributed by atoms with van der Waals surface area (Å²) < 4.78 is 2.43. The zero-order valence-electron chi connectivity index (χ0n) is 15.4. The van der Waals surface area contributed by atoms with Crippen molar-refractivity contribution in [3.05, 3.63) is 87.7 Å². The number of halogens is 1. The molecule has 7 nitrogen and oxygen atoms in total. The van der Waals surface area contributed by atoms with E-state index in [0.717, 1.165) is 15.6 Å². The van der Waals surface area contributed by atoms with Crippen LogP contribution in [0.1, 0.15) is 27.5 Å². The molecule has 0 aliphatic carbocycles. The number of aromatic nitrogens is 2. The average Bonchev–Trinajstić information content (AvgIpc) is 3.12. The molecule has 0 fully saturated rings. The minimum absolute atomic E-state index is 0.0108. The van der Waals surface area contributed by atoms with E-state index in [-0.39, 0.29) is 17.2 Å². The van der Waals surface area contributed by atoms with Crippen molar-refractivity contribution in [3.8, 4) is 0 Å². The Hall–Kier alpha value is -3.39. The van der Waals surface area contributed by atoms with Crippen LogP contribution in [0.3, 0.4) is 0 Å². The number of aryl methyl sites for hydroxylation is 1. The van der Waals surface area contributed by atoms with Gasteiger partial charge >= 0.3 is 5.97 Å². The lowest BCUT2D eigenvalue weighted by Gasteiger charge is -2.25. The molecule has 4 rings (SSSR count). The maximum atomic E-state index is 12.9. The van der Waals surface area contributed by atoms with Crippen molar-refractivity contribution in [2.45, 2.75) is 13.0 Å². The van der Waals surface area contributed by atoms with Crippen LogP contribution in [-0.2, 0) is 4.79 Å². The summed E-state index contributed by atoms with van der Waals surface area (Å²) in [5, 5.41) is 19.6. The Bertz CT molecular complexity index is 1150. The molecule has 1 atom stereocenters. The number of anilines is 2.